The standard InChI is InChI=1S/C17H21N7OS/c1-11-9-12(2)23-16(19-11)21-22-17(23)26-10-15(25)20-14-7-8-18-24(14)13-5-3-4-6-13/h7-9,13H,3-6,10H2,1-2H3,(H,20,25). The average molecular weight is 371 g/mol. The summed E-state index contributed by atoms with van der Waals surface area (Å²) in [6.45, 7) is 3.91. The Morgan fingerprint density at radius 1 is 1.31 bits per heavy atom. The van der Waals surface area contributed by atoms with Gasteiger partial charge in [-0.3, -0.25) is 9.20 Å². The fourth-order valence-electron chi connectivity index (χ4n) is 3.46. The van der Waals surface area contributed by atoms with Crippen molar-refractivity contribution in [1.29, 1.82) is 0 Å². The number of amides is 1. The van der Waals surface area contributed by atoms with E-state index in [1.165, 1.54) is 24.6 Å². The Bertz CT molecular complexity index is 942. The van der Waals surface area contributed by atoms with E-state index in [2.05, 4.69) is 25.6 Å². The molecular weight excluding hydrogens is 350 g/mol. The number of aromatic nitrogens is 6. The third kappa shape index (κ3) is 3.31. The fraction of sp³-hybridized carbons (Fsp3) is 0.471. The monoisotopic (exact) mass is 371 g/mol. The number of hydrogen-bond donors (Lipinski definition) is 1. The average Bonchev–Trinajstić information content (AvgIpc) is 3.32. The molecule has 9 heteroatoms. The summed E-state index contributed by atoms with van der Waals surface area (Å²) in [5.41, 5.74) is 1.90. The van der Waals surface area contributed by atoms with E-state index in [0.717, 1.165) is 30.0 Å². The summed E-state index contributed by atoms with van der Waals surface area (Å²) in [5.74, 6) is 1.50. The Morgan fingerprint density at radius 3 is 2.92 bits per heavy atom. The zero-order valence-corrected chi connectivity index (χ0v) is 15.7. The van der Waals surface area contributed by atoms with E-state index in [1.54, 1.807) is 6.20 Å². The highest BCUT2D eigenvalue weighted by Gasteiger charge is 2.20. The largest absolute Gasteiger partial charge is 0.310 e. The second-order valence-corrected chi connectivity index (χ2v) is 7.54. The van der Waals surface area contributed by atoms with Gasteiger partial charge in [0.15, 0.2) is 5.16 Å². The molecule has 3 aromatic rings. The number of rotatable bonds is 5. The first-order chi connectivity index (χ1) is 12.6. The molecule has 0 atom stereocenters. The number of nitrogens with one attached hydrogen (secondary N) is 1. The van der Waals surface area contributed by atoms with Gasteiger partial charge >= 0.3 is 0 Å². The SMILES string of the molecule is Cc1cc(C)n2c(SCC(=O)Nc3ccnn3C3CCCC3)nnc2n1. The maximum atomic E-state index is 12.4. The second kappa shape index (κ2) is 7.06. The number of carbonyl (C=O) groups excluding carboxylic acids is 1. The van der Waals surface area contributed by atoms with Gasteiger partial charge in [-0.2, -0.15) is 5.10 Å². The summed E-state index contributed by atoms with van der Waals surface area (Å²) < 4.78 is 3.81. The second-order valence-electron chi connectivity index (χ2n) is 6.59. The number of thioether (sulfide) groups is 1. The first kappa shape index (κ1) is 17.0. The van der Waals surface area contributed by atoms with Crippen LogP contribution in [0.5, 0.6) is 0 Å². The molecule has 136 valence electrons. The topological polar surface area (TPSA) is 90.0 Å². The third-order valence-corrected chi connectivity index (χ3v) is 5.53. The molecule has 0 radical (unpaired) electrons. The molecule has 26 heavy (non-hydrogen) atoms. The van der Waals surface area contributed by atoms with Crippen molar-refractivity contribution in [3.63, 3.8) is 0 Å². The highest BCUT2D eigenvalue weighted by Crippen LogP contribution is 2.31. The molecule has 1 aliphatic carbocycles. The van der Waals surface area contributed by atoms with Crippen molar-refractivity contribution in [1.82, 2.24) is 29.4 Å². The summed E-state index contributed by atoms with van der Waals surface area (Å²) in [6, 6.07) is 4.22. The van der Waals surface area contributed by atoms with E-state index in [0.29, 0.717) is 17.0 Å². The van der Waals surface area contributed by atoms with Gasteiger partial charge in [0.1, 0.15) is 5.82 Å². The molecule has 4 rings (SSSR count). The quantitative estimate of drug-likeness (QED) is 0.694. The van der Waals surface area contributed by atoms with Gasteiger partial charge in [0.2, 0.25) is 5.91 Å². The lowest BCUT2D eigenvalue weighted by atomic mass is 10.2. The molecule has 0 unspecified atom stereocenters. The molecule has 0 spiro atoms. The lowest BCUT2D eigenvalue weighted by Crippen LogP contribution is -2.19. The van der Waals surface area contributed by atoms with E-state index in [-0.39, 0.29) is 11.7 Å². The van der Waals surface area contributed by atoms with E-state index >= 15 is 0 Å². The summed E-state index contributed by atoms with van der Waals surface area (Å²) in [4.78, 5) is 16.8. The number of hydrogen-bond acceptors (Lipinski definition) is 6. The summed E-state index contributed by atoms with van der Waals surface area (Å²) in [6.07, 6.45) is 6.43. The molecule has 0 saturated heterocycles. The summed E-state index contributed by atoms with van der Waals surface area (Å²) in [7, 11) is 0. The minimum atomic E-state index is -0.0794. The van der Waals surface area contributed by atoms with Crippen LogP contribution in [0.25, 0.3) is 5.78 Å². The Hall–Kier alpha value is -2.42. The number of aryl methyl sites for hydroxylation is 2. The van der Waals surface area contributed by atoms with E-state index in [9.17, 15) is 4.79 Å². The Kier molecular flexibility index (Phi) is 4.62. The van der Waals surface area contributed by atoms with Gasteiger partial charge in [0.05, 0.1) is 18.0 Å². The Labute approximate surface area is 155 Å². The normalized spacial score (nSPS) is 15.0. The van der Waals surface area contributed by atoms with Crippen LogP contribution in [0.3, 0.4) is 0 Å². The minimum Gasteiger partial charge on any atom is -0.310 e. The highest BCUT2D eigenvalue weighted by atomic mass is 32.2. The van der Waals surface area contributed by atoms with Gasteiger partial charge in [-0.1, -0.05) is 24.6 Å². The molecule has 1 fully saturated rings. The Morgan fingerprint density at radius 2 is 2.12 bits per heavy atom. The van der Waals surface area contributed by atoms with Crippen molar-refractivity contribution in [2.75, 3.05) is 11.1 Å². The van der Waals surface area contributed by atoms with Gasteiger partial charge in [-0.15, -0.1) is 10.2 Å². The van der Waals surface area contributed by atoms with Crippen molar-refractivity contribution < 1.29 is 4.79 Å². The molecule has 1 N–H and O–H groups in total. The van der Waals surface area contributed by atoms with Crippen LogP contribution in [-0.4, -0.2) is 41.0 Å². The predicted molar refractivity (Wildman–Crippen MR) is 99.3 cm³/mol. The molecule has 1 amide bonds. The van der Waals surface area contributed by atoms with Crippen LogP contribution in [0.15, 0.2) is 23.5 Å². The van der Waals surface area contributed by atoms with Crippen molar-refractivity contribution in [2.24, 2.45) is 0 Å². The van der Waals surface area contributed by atoms with Crippen LogP contribution >= 0.6 is 11.8 Å². The molecule has 1 saturated carbocycles. The lowest BCUT2D eigenvalue weighted by molar-refractivity contribution is -0.113. The van der Waals surface area contributed by atoms with Crippen molar-refractivity contribution in [3.05, 3.63) is 29.7 Å². The van der Waals surface area contributed by atoms with Crippen LogP contribution < -0.4 is 5.32 Å². The number of anilines is 1. The van der Waals surface area contributed by atoms with Gasteiger partial charge < -0.3 is 5.32 Å². The zero-order valence-electron chi connectivity index (χ0n) is 14.8. The lowest BCUT2D eigenvalue weighted by Gasteiger charge is -2.14. The van der Waals surface area contributed by atoms with Crippen LogP contribution in [0.2, 0.25) is 0 Å². The Balaban J connectivity index is 1.43. The first-order valence-corrected chi connectivity index (χ1v) is 9.76. The summed E-state index contributed by atoms with van der Waals surface area (Å²) in [5, 5.41) is 16.3. The smallest absolute Gasteiger partial charge is 0.256 e. The van der Waals surface area contributed by atoms with Crippen LogP contribution in [0, 0.1) is 13.8 Å². The number of carbonyl (C=O) groups is 1. The maximum Gasteiger partial charge on any atom is 0.256 e. The van der Waals surface area contributed by atoms with E-state index < -0.39 is 0 Å². The number of fused-ring (bicyclic) bond motifs is 1. The molecule has 0 bridgehead atoms. The van der Waals surface area contributed by atoms with Crippen molar-refractivity contribution in [2.45, 2.75) is 50.7 Å². The number of nitrogens with zero attached hydrogens (tertiary/aromatic N) is 6. The third-order valence-electron chi connectivity index (χ3n) is 4.60. The van der Waals surface area contributed by atoms with Gasteiger partial charge in [-0.25, -0.2) is 9.67 Å². The zero-order chi connectivity index (χ0) is 18.1. The molecule has 0 aromatic carbocycles. The van der Waals surface area contributed by atoms with Crippen LogP contribution in [-0.2, 0) is 4.79 Å². The van der Waals surface area contributed by atoms with E-state index in [4.69, 9.17) is 0 Å². The predicted octanol–water partition coefficient (Wildman–Crippen LogP) is 2.78. The van der Waals surface area contributed by atoms with Crippen LogP contribution in [0.1, 0.15) is 43.1 Å². The van der Waals surface area contributed by atoms with Crippen molar-refractivity contribution in [3.8, 4) is 0 Å². The minimum absolute atomic E-state index is 0.0794. The van der Waals surface area contributed by atoms with Crippen LogP contribution in [0.4, 0.5) is 5.82 Å². The van der Waals surface area contributed by atoms with Gasteiger partial charge in [-0.05, 0) is 32.8 Å². The molecule has 0 aliphatic heterocycles. The molecule has 3 aromatic heterocycles. The molecule has 8 nitrogen and oxygen atoms in total. The first-order valence-electron chi connectivity index (χ1n) is 8.77. The van der Waals surface area contributed by atoms with Gasteiger partial charge in [0, 0.05) is 17.5 Å². The molecule has 3 heterocycles. The fourth-order valence-corrected chi connectivity index (χ4v) is 4.24. The maximum absolute atomic E-state index is 12.4. The van der Waals surface area contributed by atoms with Gasteiger partial charge in [0.25, 0.3) is 5.78 Å². The van der Waals surface area contributed by atoms with E-state index in [1.807, 2.05) is 35.1 Å². The summed E-state index contributed by atoms with van der Waals surface area (Å²) >= 11 is 1.35. The highest BCUT2D eigenvalue weighted by molar-refractivity contribution is 7.99. The molecular formula is C17H21N7OS. The molecule has 1 aliphatic rings. The van der Waals surface area contributed by atoms with Crippen molar-refractivity contribution >= 4 is 29.3 Å².